The predicted molar refractivity (Wildman–Crippen MR) is 128 cm³/mol. The zero-order valence-corrected chi connectivity index (χ0v) is 19.1. The van der Waals surface area contributed by atoms with Gasteiger partial charge < -0.3 is 16.1 Å². The van der Waals surface area contributed by atoms with Crippen molar-refractivity contribution >= 4 is 10.9 Å². The third kappa shape index (κ3) is 4.49. The number of nitrogens with one attached hydrogen (secondary N) is 2. The van der Waals surface area contributed by atoms with Crippen molar-refractivity contribution < 1.29 is 4.39 Å². The summed E-state index contributed by atoms with van der Waals surface area (Å²) in [6.07, 6.45) is 5.12. The van der Waals surface area contributed by atoms with Crippen LogP contribution in [0.4, 0.5) is 4.39 Å². The number of H-pyrrole nitrogens is 1. The molecule has 7 heteroatoms. The first-order valence-corrected chi connectivity index (χ1v) is 11.3. The Bertz CT molecular complexity index is 1120. The third-order valence-corrected chi connectivity index (χ3v) is 6.44. The molecule has 3 aromatic rings. The molecule has 2 aromatic heterocycles. The van der Waals surface area contributed by atoms with E-state index in [4.69, 9.17) is 11.6 Å². The fourth-order valence-electron chi connectivity index (χ4n) is 4.87. The Balaban J connectivity index is 1.63. The van der Waals surface area contributed by atoms with Crippen LogP contribution >= 0.6 is 0 Å². The maximum Gasteiger partial charge on any atom is 0.150 e. The van der Waals surface area contributed by atoms with Crippen LogP contribution < -0.4 is 17.0 Å². The van der Waals surface area contributed by atoms with Crippen LogP contribution in [0, 0.1) is 12.7 Å². The molecule has 6 N–H and O–H groups in total. The number of fused-ring (bicyclic) bond motifs is 1. The van der Waals surface area contributed by atoms with Crippen molar-refractivity contribution in [2.24, 2.45) is 11.6 Å². The highest BCUT2D eigenvalue weighted by Gasteiger charge is 2.23. The van der Waals surface area contributed by atoms with Gasteiger partial charge in [0, 0.05) is 40.6 Å². The quantitative estimate of drug-likeness (QED) is 0.342. The lowest BCUT2D eigenvalue weighted by Crippen LogP contribution is -2.36. The van der Waals surface area contributed by atoms with Crippen molar-refractivity contribution in [2.75, 3.05) is 19.6 Å². The minimum atomic E-state index is -0.296. The number of nitrogens with zero attached hydrogens (tertiary/aromatic N) is 2. The van der Waals surface area contributed by atoms with Crippen molar-refractivity contribution in [1.29, 1.82) is 0 Å². The Kier molecular flexibility index (Phi) is 6.48. The van der Waals surface area contributed by atoms with Gasteiger partial charge in [-0.05, 0) is 74.0 Å². The maximum absolute atomic E-state index is 14.7. The van der Waals surface area contributed by atoms with Gasteiger partial charge >= 0.3 is 0 Å². The summed E-state index contributed by atoms with van der Waals surface area (Å²) in [7, 11) is 0. The number of piperidine rings is 1. The number of aryl methyl sites for hydroxylation is 1. The van der Waals surface area contributed by atoms with Crippen LogP contribution in [0.3, 0.4) is 0 Å². The SMILES string of the molecule is Cc1cc(-c2[nH]c3ccc(C4CCN(C/C(N)=C/NN)CC4)cc3c2C(C)C)c(F)cn1. The maximum atomic E-state index is 14.7. The van der Waals surface area contributed by atoms with E-state index in [1.54, 1.807) is 6.20 Å². The van der Waals surface area contributed by atoms with Crippen LogP contribution in [-0.2, 0) is 0 Å². The summed E-state index contributed by atoms with van der Waals surface area (Å²) < 4.78 is 14.7. The lowest BCUT2D eigenvalue weighted by atomic mass is 9.87. The van der Waals surface area contributed by atoms with E-state index in [0.29, 0.717) is 11.5 Å². The Morgan fingerprint density at radius 1 is 1.31 bits per heavy atom. The van der Waals surface area contributed by atoms with Gasteiger partial charge in [-0.3, -0.25) is 15.7 Å². The molecule has 6 nitrogen and oxygen atoms in total. The molecular formula is C25H33FN6. The van der Waals surface area contributed by atoms with E-state index >= 15 is 0 Å². The van der Waals surface area contributed by atoms with Crippen molar-refractivity contribution in [1.82, 2.24) is 20.3 Å². The van der Waals surface area contributed by atoms with Gasteiger partial charge in [-0.2, -0.15) is 0 Å². The fraction of sp³-hybridized carbons (Fsp3) is 0.400. The van der Waals surface area contributed by atoms with Crippen LogP contribution in [0.15, 0.2) is 42.4 Å². The van der Waals surface area contributed by atoms with E-state index in [2.05, 4.69) is 52.3 Å². The van der Waals surface area contributed by atoms with Gasteiger partial charge in [0.25, 0.3) is 0 Å². The Morgan fingerprint density at radius 3 is 2.75 bits per heavy atom. The lowest BCUT2D eigenvalue weighted by molar-refractivity contribution is 0.227. The molecular weight excluding hydrogens is 403 g/mol. The number of hydrogen-bond donors (Lipinski definition) is 4. The highest BCUT2D eigenvalue weighted by atomic mass is 19.1. The molecule has 0 atom stereocenters. The van der Waals surface area contributed by atoms with Crippen molar-refractivity contribution in [2.45, 2.75) is 45.4 Å². The Morgan fingerprint density at radius 2 is 2.06 bits per heavy atom. The molecule has 170 valence electrons. The Labute approximate surface area is 188 Å². The van der Waals surface area contributed by atoms with Crippen molar-refractivity contribution in [3.05, 3.63) is 65.0 Å². The summed E-state index contributed by atoms with van der Waals surface area (Å²) in [4.78, 5) is 9.94. The summed E-state index contributed by atoms with van der Waals surface area (Å²) in [6.45, 7) is 8.94. The minimum absolute atomic E-state index is 0.259. The molecule has 1 aromatic carbocycles. The van der Waals surface area contributed by atoms with Crippen LogP contribution in [0.25, 0.3) is 22.2 Å². The Hall–Kier alpha value is -2.90. The molecule has 1 saturated heterocycles. The van der Waals surface area contributed by atoms with Crippen LogP contribution in [0.5, 0.6) is 0 Å². The third-order valence-electron chi connectivity index (χ3n) is 6.44. The van der Waals surface area contributed by atoms with Crippen molar-refractivity contribution in [3.63, 3.8) is 0 Å². The molecule has 0 saturated carbocycles. The van der Waals surface area contributed by atoms with Crippen LogP contribution in [0.2, 0.25) is 0 Å². The first-order chi connectivity index (χ1) is 15.4. The number of aromatic nitrogens is 2. The van der Waals surface area contributed by atoms with Gasteiger partial charge in [-0.15, -0.1) is 0 Å². The first-order valence-electron chi connectivity index (χ1n) is 11.3. The lowest BCUT2D eigenvalue weighted by Gasteiger charge is -2.32. The van der Waals surface area contributed by atoms with Gasteiger partial charge in [0.15, 0.2) is 5.82 Å². The largest absolute Gasteiger partial charge is 0.400 e. The van der Waals surface area contributed by atoms with Gasteiger partial charge in [0.05, 0.1) is 11.9 Å². The monoisotopic (exact) mass is 436 g/mol. The van der Waals surface area contributed by atoms with Gasteiger partial charge in [-0.1, -0.05) is 19.9 Å². The van der Waals surface area contributed by atoms with Gasteiger partial charge in [-0.25, -0.2) is 4.39 Å². The molecule has 3 heterocycles. The second kappa shape index (κ2) is 9.30. The molecule has 0 unspecified atom stereocenters. The van der Waals surface area contributed by atoms with Crippen LogP contribution in [-0.4, -0.2) is 34.5 Å². The second-order valence-corrected chi connectivity index (χ2v) is 9.12. The molecule has 32 heavy (non-hydrogen) atoms. The first kappa shape index (κ1) is 22.3. The van der Waals surface area contributed by atoms with E-state index in [1.807, 2.05) is 13.0 Å². The van der Waals surface area contributed by atoms with Gasteiger partial charge in [0.1, 0.15) is 0 Å². The number of hydrazine groups is 1. The predicted octanol–water partition coefficient (Wildman–Crippen LogP) is 4.24. The number of aromatic amines is 1. The van der Waals surface area contributed by atoms with E-state index < -0.39 is 0 Å². The molecule has 1 fully saturated rings. The topological polar surface area (TPSA) is 96.0 Å². The van der Waals surface area contributed by atoms with E-state index in [0.717, 1.165) is 60.6 Å². The number of benzene rings is 1. The molecule has 0 amide bonds. The molecule has 1 aliphatic rings. The molecule has 0 bridgehead atoms. The van der Waals surface area contributed by atoms with Gasteiger partial charge in [0.2, 0.25) is 0 Å². The van der Waals surface area contributed by atoms with E-state index in [1.165, 1.54) is 17.1 Å². The van der Waals surface area contributed by atoms with Crippen molar-refractivity contribution in [3.8, 4) is 11.3 Å². The van der Waals surface area contributed by atoms with E-state index in [9.17, 15) is 4.39 Å². The minimum Gasteiger partial charge on any atom is -0.400 e. The zero-order valence-electron chi connectivity index (χ0n) is 19.1. The number of halogens is 1. The average Bonchev–Trinajstić information content (AvgIpc) is 3.15. The molecule has 0 spiro atoms. The molecule has 0 aliphatic carbocycles. The summed E-state index contributed by atoms with van der Waals surface area (Å²) in [5.74, 6) is 5.78. The number of likely N-dealkylation sites (tertiary alicyclic amines) is 1. The molecule has 4 rings (SSSR count). The summed E-state index contributed by atoms with van der Waals surface area (Å²) in [5, 5.41) is 1.19. The fourth-order valence-corrected chi connectivity index (χ4v) is 4.87. The molecule has 0 radical (unpaired) electrons. The van der Waals surface area contributed by atoms with E-state index in [-0.39, 0.29) is 11.7 Å². The highest BCUT2D eigenvalue weighted by Crippen LogP contribution is 2.39. The number of pyridine rings is 1. The summed E-state index contributed by atoms with van der Waals surface area (Å²) >= 11 is 0. The molecule has 1 aliphatic heterocycles. The number of hydrogen-bond acceptors (Lipinski definition) is 5. The summed E-state index contributed by atoms with van der Waals surface area (Å²) in [5.41, 5.74) is 15.0. The summed E-state index contributed by atoms with van der Waals surface area (Å²) in [6, 6.07) is 8.49. The average molecular weight is 437 g/mol. The smallest absolute Gasteiger partial charge is 0.150 e. The number of rotatable bonds is 6. The van der Waals surface area contributed by atoms with Crippen LogP contribution in [0.1, 0.15) is 55.3 Å². The standard InChI is InChI=1S/C25H33FN6/c1-15(2)24-21-11-18(17-6-8-32(9-7-17)14-19(27)12-30-28)4-5-23(21)31-25(24)20-10-16(3)29-13-22(20)26/h4-5,10-13,15,17,30-31H,6-9,14,27-28H2,1-3H3/b19-12-. The number of nitrogens with two attached hydrogens (primary N) is 2. The highest BCUT2D eigenvalue weighted by molar-refractivity contribution is 5.92. The second-order valence-electron chi connectivity index (χ2n) is 9.12. The normalized spacial score (nSPS) is 16.2. The zero-order chi connectivity index (χ0) is 22.8.